The molecule has 1 rings (SSSR count). The molecule has 0 aromatic heterocycles. The van der Waals surface area contributed by atoms with Gasteiger partial charge in [0.2, 0.25) is 0 Å². The van der Waals surface area contributed by atoms with Gasteiger partial charge < -0.3 is 10.2 Å². The summed E-state index contributed by atoms with van der Waals surface area (Å²) in [5.41, 5.74) is 0.967. The lowest BCUT2D eigenvalue weighted by atomic mass is 10.1. The van der Waals surface area contributed by atoms with E-state index in [4.69, 9.17) is 5.11 Å². The molecule has 2 N–H and O–H groups in total. The van der Waals surface area contributed by atoms with Gasteiger partial charge in [-0.3, -0.25) is 0 Å². The van der Waals surface area contributed by atoms with Crippen molar-refractivity contribution in [1.82, 2.24) is 0 Å². The number of hydrogen-bond donors (Lipinski definition) is 2. The Kier molecular flexibility index (Phi) is 2.17. The van der Waals surface area contributed by atoms with Crippen LogP contribution in [0.3, 0.4) is 0 Å². The van der Waals surface area contributed by atoms with Gasteiger partial charge in [-0.1, -0.05) is 0 Å². The van der Waals surface area contributed by atoms with Crippen LogP contribution >= 0.6 is 0 Å². The van der Waals surface area contributed by atoms with Crippen LogP contribution in [-0.2, 0) is 4.79 Å². The molecular weight excluding hydrogens is 156 g/mol. The fourth-order valence-electron chi connectivity index (χ4n) is 0.887. The van der Waals surface area contributed by atoms with E-state index in [-0.39, 0.29) is 11.5 Å². The Hall–Kier alpha value is -1.73. The molecule has 0 saturated heterocycles. The molecule has 12 heavy (non-hydrogen) atoms. The van der Waals surface area contributed by atoms with Crippen LogP contribution in [0.5, 0.6) is 11.5 Å². The molecule has 0 spiro atoms. The van der Waals surface area contributed by atoms with Crippen molar-refractivity contribution >= 4 is 12.0 Å². The molecule has 0 bridgehead atoms. The highest BCUT2D eigenvalue weighted by Gasteiger charge is 2.02. The van der Waals surface area contributed by atoms with E-state index < -0.39 is 0 Å². The third-order valence-electron chi connectivity index (χ3n) is 1.56. The van der Waals surface area contributed by atoms with Crippen molar-refractivity contribution in [1.29, 1.82) is 0 Å². The molecule has 62 valence electrons. The normalized spacial score (nSPS) is 9.08. The highest BCUT2D eigenvalue weighted by molar-refractivity contribution is 5.78. The Bertz CT molecular complexity index is 349. The van der Waals surface area contributed by atoms with Crippen LogP contribution in [0.2, 0.25) is 0 Å². The number of aromatic hydroxyl groups is 2. The summed E-state index contributed by atoms with van der Waals surface area (Å²) in [6.07, 6.45) is 1.11. The number of aryl methyl sites for hydroxylation is 1. The number of benzene rings is 1. The van der Waals surface area contributed by atoms with Crippen LogP contribution < -0.4 is 0 Å². The number of carbonyl (C=O) groups excluding carboxylic acids is 1. The predicted octanol–water partition coefficient (Wildman–Crippen LogP) is 1.25. The maximum absolute atomic E-state index is 9.97. The van der Waals surface area contributed by atoms with E-state index in [1.807, 2.05) is 0 Å². The maximum atomic E-state index is 9.97. The minimum atomic E-state index is -0.124. The first-order valence-corrected chi connectivity index (χ1v) is 3.38. The van der Waals surface area contributed by atoms with E-state index in [1.54, 1.807) is 12.9 Å². The highest BCUT2D eigenvalue weighted by Crippen LogP contribution is 2.26. The number of phenolic OH excluding ortho intramolecular Hbond substituents is 2. The summed E-state index contributed by atoms with van der Waals surface area (Å²) in [4.78, 5) is 9.97. The first-order chi connectivity index (χ1) is 5.65. The van der Waals surface area contributed by atoms with Crippen molar-refractivity contribution < 1.29 is 15.0 Å². The second-order valence-electron chi connectivity index (χ2n) is 2.46. The van der Waals surface area contributed by atoms with Gasteiger partial charge in [-0.15, -0.1) is 0 Å². The standard InChI is InChI=1S/C9H8O3/c1-6-4-7(2-3-10)9(12)5-8(6)11/h2,4-5,11-12H,1H3. The van der Waals surface area contributed by atoms with Gasteiger partial charge in [0, 0.05) is 17.7 Å². The van der Waals surface area contributed by atoms with Gasteiger partial charge in [-0.2, -0.15) is 0 Å². The Morgan fingerprint density at radius 2 is 2.00 bits per heavy atom. The molecule has 0 atom stereocenters. The van der Waals surface area contributed by atoms with Gasteiger partial charge in [0.05, 0.1) is 0 Å². The Balaban J connectivity index is 3.32. The lowest BCUT2D eigenvalue weighted by Gasteiger charge is -2.01. The van der Waals surface area contributed by atoms with Crippen molar-refractivity contribution in [3.05, 3.63) is 23.3 Å². The van der Waals surface area contributed by atoms with Crippen molar-refractivity contribution in [2.45, 2.75) is 6.92 Å². The van der Waals surface area contributed by atoms with Crippen LogP contribution in [0, 0.1) is 6.92 Å². The fraction of sp³-hybridized carbons (Fsp3) is 0.111. The predicted molar refractivity (Wildman–Crippen MR) is 44.7 cm³/mol. The van der Waals surface area contributed by atoms with E-state index in [2.05, 4.69) is 0 Å². The molecule has 1 aromatic rings. The third-order valence-corrected chi connectivity index (χ3v) is 1.56. The SMILES string of the molecule is Cc1cc(C=C=O)c(O)cc1O. The van der Waals surface area contributed by atoms with Crippen LogP contribution in [0.25, 0.3) is 6.08 Å². The molecule has 0 aliphatic heterocycles. The summed E-state index contributed by atoms with van der Waals surface area (Å²) in [6.45, 7) is 1.68. The zero-order valence-electron chi connectivity index (χ0n) is 6.53. The van der Waals surface area contributed by atoms with Gasteiger partial charge in [0.15, 0.2) is 0 Å². The first kappa shape index (κ1) is 8.37. The average Bonchev–Trinajstić information content (AvgIpc) is 2.01. The molecule has 0 fully saturated rings. The number of phenols is 2. The first-order valence-electron chi connectivity index (χ1n) is 3.38. The molecule has 0 aliphatic rings. The molecule has 0 unspecified atom stereocenters. The van der Waals surface area contributed by atoms with Crippen molar-refractivity contribution in [3.8, 4) is 11.5 Å². The van der Waals surface area contributed by atoms with Crippen molar-refractivity contribution in [2.24, 2.45) is 0 Å². The molecular formula is C9H8O3. The molecule has 0 amide bonds. The van der Waals surface area contributed by atoms with Gasteiger partial charge in [-0.25, -0.2) is 4.79 Å². The molecule has 0 heterocycles. The zero-order chi connectivity index (χ0) is 9.14. The van der Waals surface area contributed by atoms with E-state index in [0.29, 0.717) is 11.1 Å². The second-order valence-corrected chi connectivity index (χ2v) is 2.46. The molecule has 0 radical (unpaired) electrons. The van der Waals surface area contributed by atoms with Crippen molar-refractivity contribution in [3.63, 3.8) is 0 Å². The lowest BCUT2D eigenvalue weighted by molar-refractivity contribution is 0.447. The van der Waals surface area contributed by atoms with Gasteiger partial charge in [0.25, 0.3) is 0 Å². The summed E-state index contributed by atoms with van der Waals surface area (Å²) < 4.78 is 0. The summed E-state index contributed by atoms with van der Waals surface area (Å²) in [5.74, 6) is 1.44. The summed E-state index contributed by atoms with van der Waals surface area (Å²) in [7, 11) is 0. The quantitative estimate of drug-likeness (QED) is 0.614. The van der Waals surface area contributed by atoms with Crippen LogP contribution in [0.1, 0.15) is 11.1 Å². The highest BCUT2D eigenvalue weighted by atomic mass is 16.3. The van der Waals surface area contributed by atoms with E-state index >= 15 is 0 Å². The second kappa shape index (κ2) is 3.11. The monoisotopic (exact) mass is 164 g/mol. The minimum Gasteiger partial charge on any atom is -0.508 e. The topological polar surface area (TPSA) is 57.5 Å². The molecule has 3 heteroatoms. The molecule has 3 nitrogen and oxygen atoms in total. The largest absolute Gasteiger partial charge is 0.508 e. The van der Waals surface area contributed by atoms with Crippen molar-refractivity contribution in [2.75, 3.05) is 0 Å². The smallest absolute Gasteiger partial charge is 0.127 e. The summed E-state index contributed by atoms with van der Waals surface area (Å²) >= 11 is 0. The Labute approximate surface area is 69.6 Å². The minimum absolute atomic E-state index is 0.00977. The zero-order valence-corrected chi connectivity index (χ0v) is 6.53. The van der Waals surface area contributed by atoms with Crippen LogP contribution in [0.15, 0.2) is 12.1 Å². The van der Waals surface area contributed by atoms with E-state index in [1.165, 1.54) is 12.1 Å². The third kappa shape index (κ3) is 1.47. The number of rotatable bonds is 1. The molecule has 0 saturated carbocycles. The average molecular weight is 164 g/mol. The van der Waals surface area contributed by atoms with Gasteiger partial charge in [-0.05, 0) is 18.6 Å². The van der Waals surface area contributed by atoms with E-state index in [0.717, 1.165) is 6.08 Å². The molecule has 0 aliphatic carbocycles. The maximum Gasteiger partial charge on any atom is 0.127 e. The van der Waals surface area contributed by atoms with Crippen LogP contribution in [-0.4, -0.2) is 16.2 Å². The van der Waals surface area contributed by atoms with Crippen LogP contribution in [0.4, 0.5) is 0 Å². The number of hydrogen-bond acceptors (Lipinski definition) is 3. The fourth-order valence-corrected chi connectivity index (χ4v) is 0.887. The lowest BCUT2D eigenvalue weighted by Crippen LogP contribution is -1.79. The Morgan fingerprint density at radius 1 is 1.33 bits per heavy atom. The Morgan fingerprint density at radius 3 is 2.58 bits per heavy atom. The molecule has 1 aromatic carbocycles. The summed E-state index contributed by atoms with van der Waals surface area (Å²) in [6, 6.07) is 2.70. The van der Waals surface area contributed by atoms with Gasteiger partial charge in [0.1, 0.15) is 17.4 Å². The van der Waals surface area contributed by atoms with Gasteiger partial charge >= 0.3 is 0 Å². The summed E-state index contributed by atoms with van der Waals surface area (Å²) in [5, 5.41) is 18.3. The van der Waals surface area contributed by atoms with E-state index in [9.17, 15) is 9.90 Å².